The van der Waals surface area contributed by atoms with Gasteiger partial charge in [0.25, 0.3) is 0 Å². The normalized spacial score (nSPS) is 14.1. The molecule has 1 fully saturated rings. The molecule has 12 nitrogen and oxygen atoms in total. The second-order valence-electron chi connectivity index (χ2n) is 9.74. The summed E-state index contributed by atoms with van der Waals surface area (Å²) in [4.78, 5) is 35.4. The highest BCUT2D eigenvalue weighted by Gasteiger charge is 2.32. The molecule has 1 N–H and O–H groups in total. The summed E-state index contributed by atoms with van der Waals surface area (Å²) >= 11 is 1.17. The van der Waals surface area contributed by atoms with Gasteiger partial charge in [-0.15, -0.1) is 18.3 Å². The Morgan fingerprint density at radius 3 is 2.52 bits per heavy atom. The molecule has 0 bridgehead atoms. The third kappa shape index (κ3) is 7.94. The molecule has 46 heavy (non-hydrogen) atoms. The smallest absolute Gasteiger partial charge is 0.496 e. The van der Waals surface area contributed by atoms with Crippen LogP contribution >= 0.6 is 11.8 Å². The van der Waals surface area contributed by atoms with Crippen LogP contribution in [0.2, 0.25) is 0 Å². The van der Waals surface area contributed by atoms with Gasteiger partial charge in [0.15, 0.2) is 5.17 Å². The summed E-state index contributed by atoms with van der Waals surface area (Å²) in [6, 6.07) is 15.0. The standard InChI is InChI=1S/C30H27F3N6O6S/c1-18-4-5-19(14-42-2)24(12-18)39-26(40)16-46-29(39)36-27(41)35-21-7-6-20(25(13-21)43-3)15-44-28-34-17-38(37-28)22-8-10-23(11-9-22)45-30(31,32)33/h4-13,17H,14-16H2,1-3H3,(H,35,41)/b36-29-. The van der Waals surface area contributed by atoms with E-state index in [1.54, 1.807) is 25.3 Å². The molecule has 0 spiro atoms. The van der Waals surface area contributed by atoms with Crippen LogP contribution in [0.25, 0.3) is 5.69 Å². The number of halogens is 3. The second kappa shape index (κ2) is 13.9. The lowest BCUT2D eigenvalue weighted by Crippen LogP contribution is -2.31. The van der Waals surface area contributed by atoms with Gasteiger partial charge in [0.1, 0.15) is 24.4 Å². The van der Waals surface area contributed by atoms with Gasteiger partial charge in [-0.25, -0.2) is 9.48 Å². The number of carbonyl (C=O) groups is 2. The molecule has 5 rings (SSSR count). The Hall–Kier alpha value is -5.09. The molecule has 0 atom stereocenters. The van der Waals surface area contributed by atoms with Crippen molar-refractivity contribution >= 4 is 40.2 Å². The Morgan fingerprint density at radius 1 is 1.04 bits per heavy atom. The molecular weight excluding hydrogens is 629 g/mol. The number of aryl methyl sites for hydroxylation is 1. The van der Waals surface area contributed by atoms with Crippen molar-refractivity contribution in [1.29, 1.82) is 0 Å². The molecule has 0 aliphatic carbocycles. The Bertz CT molecular complexity index is 1760. The summed E-state index contributed by atoms with van der Waals surface area (Å²) in [6.45, 7) is 2.21. The number of aliphatic imine (C=N–C) groups is 1. The Labute approximate surface area is 265 Å². The van der Waals surface area contributed by atoms with Crippen LogP contribution in [0.4, 0.5) is 29.3 Å². The van der Waals surface area contributed by atoms with Crippen LogP contribution in [0.3, 0.4) is 0 Å². The highest BCUT2D eigenvalue weighted by molar-refractivity contribution is 8.15. The van der Waals surface area contributed by atoms with E-state index in [1.165, 1.54) is 46.9 Å². The summed E-state index contributed by atoms with van der Waals surface area (Å²) in [6.07, 6.45) is -3.44. The average Bonchev–Trinajstić information content (AvgIpc) is 3.63. The van der Waals surface area contributed by atoms with Gasteiger partial charge in [-0.3, -0.25) is 9.69 Å². The third-order valence-corrected chi connectivity index (χ3v) is 7.37. The van der Waals surface area contributed by atoms with Crippen molar-refractivity contribution in [3.8, 4) is 23.2 Å². The van der Waals surface area contributed by atoms with Crippen LogP contribution in [0.5, 0.6) is 17.5 Å². The van der Waals surface area contributed by atoms with Crippen LogP contribution in [0.15, 0.2) is 72.0 Å². The molecule has 3 aromatic carbocycles. The lowest BCUT2D eigenvalue weighted by atomic mass is 10.1. The number of benzene rings is 3. The van der Waals surface area contributed by atoms with E-state index in [4.69, 9.17) is 14.2 Å². The Balaban J connectivity index is 1.23. The maximum atomic E-state index is 12.9. The number of amides is 3. The van der Waals surface area contributed by atoms with Gasteiger partial charge in [-0.2, -0.15) is 9.98 Å². The fourth-order valence-corrected chi connectivity index (χ4v) is 5.26. The molecule has 1 aliphatic heterocycles. The summed E-state index contributed by atoms with van der Waals surface area (Å²) in [5, 5.41) is 7.13. The van der Waals surface area contributed by atoms with E-state index in [2.05, 4.69) is 25.1 Å². The minimum atomic E-state index is -4.79. The molecule has 1 saturated heterocycles. The predicted octanol–water partition coefficient (Wildman–Crippen LogP) is 5.88. The molecule has 16 heteroatoms. The van der Waals surface area contributed by atoms with Gasteiger partial charge in [0.05, 0.1) is 30.8 Å². The summed E-state index contributed by atoms with van der Waals surface area (Å²) in [5.74, 6) is -0.00889. The van der Waals surface area contributed by atoms with Crippen LogP contribution in [-0.4, -0.2) is 58.2 Å². The number of nitrogens with one attached hydrogen (secondary N) is 1. The van der Waals surface area contributed by atoms with Gasteiger partial charge in [0.2, 0.25) is 5.91 Å². The first-order chi connectivity index (χ1) is 22.0. The minimum Gasteiger partial charge on any atom is -0.496 e. The number of aromatic nitrogens is 3. The lowest BCUT2D eigenvalue weighted by Gasteiger charge is -2.20. The molecule has 1 aromatic heterocycles. The van der Waals surface area contributed by atoms with Crippen molar-refractivity contribution in [2.45, 2.75) is 26.5 Å². The number of nitrogens with zero attached hydrogens (tertiary/aromatic N) is 5. The SMILES string of the molecule is COCc1ccc(C)cc1N1C(=O)CS/C1=N\C(=O)Nc1ccc(COc2ncn(-c3ccc(OC(F)(F)F)cc3)n2)c(OC)c1. The minimum absolute atomic E-state index is 0.0100. The number of hydrogen-bond acceptors (Lipinski definition) is 9. The maximum Gasteiger partial charge on any atom is 0.573 e. The van der Waals surface area contributed by atoms with Crippen molar-refractivity contribution in [3.05, 3.63) is 83.7 Å². The fraction of sp³-hybridized carbons (Fsp3) is 0.233. The van der Waals surface area contributed by atoms with Crippen LogP contribution < -0.4 is 24.4 Å². The molecule has 0 saturated carbocycles. The van der Waals surface area contributed by atoms with Crippen LogP contribution in [0, 0.1) is 6.92 Å². The van der Waals surface area contributed by atoms with Gasteiger partial charge in [-0.1, -0.05) is 23.9 Å². The molecule has 2 heterocycles. The Morgan fingerprint density at radius 2 is 1.80 bits per heavy atom. The van der Waals surface area contributed by atoms with Gasteiger partial charge in [0, 0.05) is 30.0 Å². The van der Waals surface area contributed by atoms with E-state index in [1.807, 2.05) is 25.1 Å². The summed E-state index contributed by atoms with van der Waals surface area (Å²) in [5.41, 5.74) is 3.79. The molecule has 240 valence electrons. The molecule has 4 aromatic rings. The number of ether oxygens (including phenoxy) is 4. The van der Waals surface area contributed by atoms with E-state index in [-0.39, 0.29) is 41.8 Å². The molecular formula is C30H27F3N6O6S. The molecule has 0 radical (unpaired) electrons. The monoisotopic (exact) mass is 656 g/mol. The van der Waals surface area contributed by atoms with E-state index >= 15 is 0 Å². The first kappa shape index (κ1) is 32.3. The summed E-state index contributed by atoms with van der Waals surface area (Å²) in [7, 11) is 3.02. The number of amidine groups is 1. The number of carbonyl (C=O) groups excluding carboxylic acids is 2. The van der Waals surface area contributed by atoms with Crippen molar-refractivity contribution in [1.82, 2.24) is 14.8 Å². The van der Waals surface area contributed by atoms with Gasteiger partial charge in [-0.05, 0) is 55.0 Å². The number of urea groups is 1. The van der Waals surface area contributed by atoms with Gasteiger partial charge >= 0.3 is 18.4 Å². The van der Waals surface area contributed by atoms with Gasteiger partial charge < -0.3 is 24.3 Å². The van der Waals surface area contributed by atoms with Crippen molar-refractivity contribution in [2.24, 2.45) is 4.99 Å². The van der Waals surface area contributed by atoms with Crippen LogP contribution in [0.1, 0.15) is 16.7 Å². The largest absolute Gasteiger partial charge is 0.573 e. The first-order valence-corrected chi connectivity index (χ1v) is 14.5. The zero-order valence-corrected chi connectivity index (χ0v) is 25.5. The number of alkyl halides is 3. The number of anilines is 2. The van der Waals surface area contributed by atoms with Crippen molar-refractivity contribution in [3.63, 3.8) is 0 Å². The average molecular weight is 657 g/mol. The summed E-state index contributed by atoms with van der Waals surface area (Å²) < 4.78 is 58.9. The molecule has 0 unspecified atom stereocenters. The highest BCUT2D eigenvalue weighted by atomic mass is 32.2. The first-order valence-electron chi connectivity index (χ1n) is 13.5. The molecule has 1 aliphatic rings. The van der Waals surface area contributed by atoms with E-state index in [0.717, 1.165) is 23.3 Å². The third-order valence-electron chi connectivity index (χ3n) is 6.44. The van der Waals surface area contributed by atoms with E-state index in [0.29, 0.717) is 28.4 Å². The quantitative estimate of drug-likeness (QED) is 0.223. The zero-order valence-electron chi connectivity index (χ0n) is 24.7. The maximum absolute atomic E-state index is 12.9. The van der Waals surface area contributed by atoms with Crippen molar-refractivity contribution < 1.29 is 41.7 Å². The number of methoxy groups -OCH3 is 2. The number of thioether (sulfide) groups is 1. The van der Waals surface area contributed by atoms with Crippen molar-refractivity contribution in [2.75, 3.05) is 30.2 Å². The zero-order chi connectivity index (χ0) is 32.8. The number of hydrogen-bond donors (Lipinski definition) is 1. The second-order valence-corrected chi connectivity index (χ2v) is 10.7. The topological polar surface area (TPSA) is 129 Å². The van der Waals surface area contributed by atoms with E-state index in [9.17, 15) is 22.8 Å². The van der Waals surface area contributed by atoms with Crippen LogP contribution in [-0.2, 0) is 22.7 Å². The lowest BCUT2D eigenvalue weighted by molar-refractivity contribution is -0.274. The highest BCUT2D eigenvalue weighted by Crippen LogP contribution is 2.32. The number of rotatable bonds is 10. The van der Waals surface area contributed by atoms with E-state index < -0.39 is 12.4 Å². The predicted molar refractivity (Wildman–Crippen MR) is 164 cm³/mol. The molecule has 3 amide bonds. The fourth-order valence-electron chi connectivity index (χ4n) is 4.40. The Kier molecular flexibility index (Phi) is 9.77.